The second-order valence-electron chi connectivity index (χ2n) is 5.84. The van der Waals surface area contributed by atoms with E-state index in [4.69, 9.17) is 0 Å². The minimum atomic E-state index is -4.38. The summed E-state index contributed by atoms with van der Waals surface area (Å²) in [6.07, 6.45) is 0.562. The van der Waals surface area contributed by atoms with Crippen molar-refractivity contribution in [3.63, 3.8) is 0 Å². The molecule has 0 bridgehead atoms. The lowest BCUT2D eigenvalue weighted by Crippen LogP contribution is -2.40. The number of nitrogens with zero attached hydrogens (tertiary/aromatic N) is 1. The van der Waals surface area contributed by atoms with Gasteiger partial charge in [-0.3, -0.25) is 9.78 Å². The first-order valence-corrected chi connectivity index (χ1v) is 10.2. The topological polar surface area (TPSA) is 54.0 Å². The van der Waals surface area contributed by atoms with Crippen LogP contribution in [0.25, 0.3) is 12.2 Å². The Morgan fingerprint density at radius 1 is 1.10 bits per heavy atom. The van der Waals surface area contributed by atoms with Gasteiger partial charge in [0, 0.05) is 5.56 Å². The molecule has 2 aromatic rings. The first kappa shape index (κ1) is 28.1. The number of nitrogens with one attached hydrogen (secondary N) is 2. The van der Waals surface area contributed by atoms with Crippen molar-refractivity contribution in [3.05, 3.63) is 72.1 Å². The third-order valence-electron chi connectivity index (χ3n) is 4.02. The van der Waals surface area contributed by atoms with Gasteiger partial charge < -0.3 is 10.6 Å². The van der Waals surface area contributed by atoms with Gasteiger partial charge in [-0.25, -0.2) is 0 Å². The maximum atomic E-state index is 12.6. The maximum Gasteiger partial charge on any atom is 0.416 e. The SMILES string of the molecule is C=Cc1cc(NC(=O)C(Cc2ccc(C(F)(F)F)cc2)NC)cnc1C=C.CC.CC. The summed E-state index contributed by atoms with van der Waals surface area (Å²) in [5.74, 6) is -0.319. The molecule has 31 heavy (non-hydrogen) atoms. The molecule has 0 spiro atoms. The van der Waals surface area contributed by atoms with Gasteiger partial charge in [-0.2, -0.15) is 13.2 Å². The number of aromatic nitrogens is 1. The molecule has 0 aliphatic carbocycles. The van der Waals surface area contributed by atoms with Crippen molar-refractivity contribution >= 4 is 23.7 Å². The Morgan fingerprint density at radius 3 is 2.13 bits per heavy atom. The van der Waals surface area contributed by atoms with E-state index in [0.29, 0.717) is 16.9 Å². The van der Waals surface area contributed by atoms with E-state index in [2.05, 4.69) is 28.8 Å². The fraction of sp³-hybridized carbons (Fsp3) is 0.333. The number of halogens is 3. The number of rotatable bonds is 7. The van der Waals surface area contributed by atoms with Gasteiger partial charge in [0.15, 0.2) is 0 Å². The van der Waals surface area contributed by atoms with Crippen molar-refractivity contribution < 1.29 is 18.0 Å². The van der Waals surface area contributed by atoms with Crippen molar-refractivity contribution in [3.8, 4) is 0 Å². The van der Waals surface area contributed by atoms with Crippen LogP contribution >= 0.6 is 0 Å². The van der Waals surface area contributed by atoms with Crippen LogP contribution in [0.15, 0.2) is 49.7 Å². The monoisotopic (exact) mass is 435 g/mol. The molecular formula is C24H32F3N3O. The Bertz CT molecular complexity index is 831. The number of likely N-dealkylation sites (N-methyl/N-ethyl adjacent to an activating group) is 1. The van der Waals surface area contributed by atoms with Crippen molar-refractivity contribution in [1.82, 2.24) is 10.3 Å². The van der Waals surface area contributed by atoms with Crippen molar-refractivity contribution in [2.45, 2.75) is 46.3 Å². The fourth-order valence-electron chi connectivity index (χ4n) is 2.52. The van der Waals surface area contributed by atoms with Crippen LogP contribution in [0.1, 0.15) is 50.1 Å². The highest BCUT2D eigenvalue weighted by Crippen LogP contribution is 2.29. The van der Waals surface area contributed by atoms with Gasteiger partial charge in [-0.15, -0.1) is 0 Å². The van der Waals surface area contributed by atoms with Crippen LogP contribution in [0, 0.1) is 0 Å². The zero-order valence-corrected chi connectivity index (χ0v) is 18.8. The number of alkyl halides is 3. The van der Waals surface area contributed by atoms with E-state index >= 15 is 0 Å². The second kappa shape index (κ2) is 14.1. The molecule has 0 radical (unpaired) electrons. The lowest BCUT2D eigenvalue weighted by molar-refractivity contribution is -0.137. The Morgan fingerprint density at radius 2 is 1.68 bits per heavy atom. The molecule has 1 unspecified atom stereocenters. The molecule has 0 fully saturated rings. The van der Waals surface area contributed by atoms with Crippen LogP contribution in [-0.2, 0) is 17.4 Å². The van der Waals surface area contributed by atoms with Gasteiger partial charge in [-0.05, 0) is 43.3 Å². The molecule has 4 nitrogen and oxygen atoms in total. The van der Waals surface area contributed by atoms with Gasteiger partial charge in [0.05, 0.1) is 29.2 Å². The first-order chi connectivity index (χ1) is 14.8. The van der Waals surface area contributed by atoms with E-state index in [1.54, 1.807) is 25.3 Å². The van der Waals surface area contributed by atoms with Crippen molar-refractivity contribution in [2.75, 3.05) is 12.4 Å². The van der Waals surface area contributed by atoms with Crippen LogP contribution in [0.4, 0.5) is 18.9 Å². The lowest BCUT2D eigenvalue weighted by atomic mass is 10.0. The maximum absolute atomic E-state index is 12.6. The molecule has 0 aliphatic rings. The predicted octanol–water partition coefficient (Wildman–Crippen LogP) is 6.21. The minimum absolute atomic E-state index is 0.243. The summed E-state index contributed by atoms with van der Waals surface area (Å²) >= 11 is 0. The van der Waals surface area contributed by atoms with Crippen LogP contribution < -0.4 is 10.6 Å². The molecule has 1 aromatic heterocycles. The molecule has 1 atom stereocenters. The minimum Gasteiger partial charge on any atom is -0.323 e. The number of pyridine rings is 1. The van der Waals surface area contributed by atoms with E-state index in [1.165, 1.54) is 18.3 Å². The highest BCUT2D eigenvalue weighted by atomic mass is 19.4. The summed E-state index contributed by atoms with van der Waals surface area (Å²) < 4.78 is 37.9. The fourth-order valence-corrected chi connectivity index (χ4v) is 2.52. The average molecular weight is 436 g/mol. The van der Waals surface area contributed by atoms with Gasteiger partial charge in [0.25, 0.3) is 0 Å². The van der Waals surface area contributed by atoms with Crippen LogP contribution in [-0.4, -0.2) is 24.0 Å². The van der Waals surface area contributed by atoms with Crippen LogP contribution in [0.5, 0.6) is 0 Å². The van der Waals surface area contributed by atoms with Crippen LogP contribution in [0.2, 0.25) is 0 Å². The standard InChI is InChI=1S/C20H20F3N3O.2C2H6/c1-4-14-11-16(12-25-17(14)5-2)26-19(27)18(24-3)10-13-6-8-15(9-7-13)20(21,22)23;2*1-2/h4-9,11-12,18,24H,1-2,10H2,3H3,(H,26,27);2*1-2H3. The normalized spacial score (nSPS) is 11.1. The van der Waals surface area contributed by atoms with Gasteiger partial charge in [-0.1, -0.05) is 59.1 Å². The predicted molar refractivity (Wildman–Crippen MR) is 124 cm³/mol. The summed E-state index contributed by atoms with van der Waals surface area (Å²) in [4.78, 5) is 16.7. The second-order valence-corrected chi connectivity index (χ2v) is 5.84. The summed E-state index contributed by atoms with van der Waals surface area (Å²) in [5.41, 5.74) is 1.77. The molecule has 2 N–H and O–H groups in total. The highest BCUT2D eigenvalue weighted by molar-refractivity contribution is 5.95. The van der Waals surface area contributed by atoms with Crippen molar-refractivity contribution in [1.29, 1.82) is 0 Å². The van der Waals surface area contributed by atoms with E-state index in [-0.39, 0.29) is 12.3 Å². The highest BCUT2D eigenvalue weighted by Gasteiger charge is 2.30. The zero-order chi connectivity index (χ0) is 24.0. The van der Waals surface area contributed by atoms with Gasteiger partial charge in [0.1, 0.15) is 0 Å². The molecule has 1 amide bonds. The molecule has 0 saturated carbocycles. The average Bonchev–Trinajstić information content (AvgIpc) is 2.79. The number of hydrogen-bond acceptors (Lipinski definition) is 3. The van der Waals surface area contributed by atoms with Gasteiger partial charge in [0.2, 0.25) is 5.91 Å². The molecular weight excluding hydrogens is 403 g/mol. The number of benzene rings is 1. The zero-order valence-electron chi connectivity index (χ0n) is 18.8. The Kier molecular flexibility index (Phi) is 12.8. The number of hydrogen-bond donors (Lipinski definition) is 2. The quantitative estimate of drug-likeness (QED) is 0.544. The summed E-state index contributed by atoms with van der Waals surface area (Å²) in [6, 6.07) is 5.86. The third kappa shape index (κ3) is 8.76. The molecule has 170 valence electrons. The molecule has 2 rings (SSSR count). The molecule has 1 heterocycles. The van der Waals surface area contributed by atoms with E-state index in [0.717, 1.165) is 17.7 Å². The van der Waals surface area contributed by atoms with Gasteiger partial charge >= 0.3 is 6.18 Å². The summed E-state index contributed by atoms with van der Waals surface area (Å²) in [7, 11) is 1.61. The largest absolute Gasteiger partial charge is 0.416 e. The number of anilines is 1. The van der Waals surface area contributed by atoms with E-state index in [9.17, 15) is 18.0 Å². The van der Waals surface area contributed by atoms with E-state index in [1.807, 2.05) is 27.7 Å². The number of carbonyl (C=O) groups is 1. The molecule has 0 aliphatic heterocycles. The Labute approximate surface area is 183 Å². The van der Waals surface area contributed by atoms with E-state index < -0.39 is 17.8 Å². The first-order valence-electron chi connectivity index (χ1n) is 10.2. The lowest BCUT2D eigenvalue weighted by Gasteiger charge is -2.17. The number of carbonyl (C=O) groups excluding carboxylic acids is 1. The molecule has 7 heteroatoms. The Hall–Kier alpha value is -2.93. The number of amides is 1. The molecule has 1 aromatic carbocycles. The van der Waals surface area contributed by atoms with Crippen LogP contribution in [0.3, 0.4) is 0 Å². The molecule has 0 saturated heterocycles. The summed E-state index contributed by atoms with van der Waals surface area (Å²) in [5, 5.41) is 5.62. The Balaban J connectivity index is 0.00000212. The smallest absolute Gasteiger partial charge is 0.323 e. The summed E-state index contributed by atoms with van der Waals surface area (Å²) in [6.45, 7) is 15.4. The third-order valence-corrected chi connectivity index (χ3v) is 4.02. The van der Waals surface area contributed by atoms with Crippen molar-refractivity contribution in [2.24, 2.45) is 0 Å².